The van der Waals surface area contributed by atoms with Crippen molar-refractivity contribution in [1.29, 1.82) is 0 Å². The Bertz CT molecular complexity index is 431. The molecule has 0 spiro atoms. The zero-order chi connectivity index (χ0) is 14.3. The summed E-state index contributed by atoms with van der Waals surface area (Å²) in [6.45, 7) is 4.42. The summed E-state index contributed by atoms with van der Waals surface area (Å²) < 4.78 is 4.87. The number of rotatable bonds is 7. The highest BCUT2D eigenvalue weighted by Gasteiger charge is 2.13. The Morgan fingerprint density at radius 3 is 2.47 bits per heavy atom. The quantitative estimate of drug-likeness (QED) is 0.472. The van der Waals surface area contributed by atoms with Crippen LogP contribution in [0.2, 0.25) is 0 Å². The first-order valence-electron chi connectivity index (χ1n) is 6.09. The normalized spacial score (nSPS) is 11.9. The summed E-state index contributed by atoms with van der Waals surface area (Å²) in [6.07, 6.45) is 0. The number of carbonyl (C=O) groups is 2. The van der Waals surface area contributed by atoms with Crippen molar-refractivity contribution < 1.29 is 14.3 Å². The first kappa shape index (κ1) is 15.7. The summed E-state index contributed by atoms with van der Waals surface area (Å²) in [6, 6.07) is 7.28. The lowest BCUT2D eigenvalue weighted by Gasteiger charge is -2.11. The zero-order valence-electron chi connectivity index (χ0n) is 11.4. The second kappa shape index (κ2) is 7.96. The molecule has 5 heteroatoms. The number of benzene rings is 1. The first-order valence-corrected chi connectivity index (χ1v) is 6.97. The average Bonchev–Trinajstić information content (AvgIpc) is 2.39. The number of carbonyl (C=O) groups excluding carboxylic acids is 2. The molecule has 19 heavy (non-hydrogen) atoms. The Hall–Kier alpha value is -1.33. The largest absolute Gasteiger partial charge is 0.383 e. The number of nitrogens with one attached hydrogen (secondary N) is 1. The third-order valence-electron chi connectivity index (χ3n) is 2.55. The van der Waals surface area contributed by atoms with Gasteiger partial charge in [-0.05, 0) is 26.0 Å². The van der Waals surface area contributed by atoms with Gasteiger partial charge in [0.15, 0.2) is 5.78 Å². The van der Waals surface area contributed by atoms with Crippen LogP contribution in [-0.4, -0.2) is 37.2 Å². The summed E-state index contributed by atoms with van der Waals surface area (Å²) in [7, 11) is 1.60. The maximum atomic E-state index is 11.8. The van der Waals surface area contributed by atoms with E-state index < -0.39 is 0 Å². The Morgan fingerprint density at radius 1 is 1.32 bits per heavy atom. The van der Waals surface area contributed by atoms with Crippen molar-refractivity contribution in [3.8, 4) is 0 Å². The predicted molar refractivity (Wildman–Crippen MR) is 76.7 cm³/mol. The number of methoxy groups -OCH3 is 1. The molecule has 1 atom stereocenters. The van der Waals surface area contributed by atoms with Gasteiger partial charge in [0.1, 0.15) is 0 Å². The molecular formula is C14H19NO3S. The van der Waals surface area contributed by atoms with Gasteiger partial charge in [0.05, 0.1) is 11.9 Å². The molecule has 1 amide bonds. The van der Waals surface area contributed by atoms with E-state index in [0.29, 0.717) is 18.7 Å². The molecule has 0 fully saturated rings. The van der Waals surface area contributed by atoms with Gasteiger partial charge in [-0.15, -0.1) is 11.8 Å². The van der Waals surface area contributed by atoms with E-state index in [1.54, 1.807) is 19.2 Å². The lowest BCUT2D eigenvalue weighted by molar-refractivity contribution is -0.120. The number of ketones is 1. The molecule has 0 aliphatic heterocycles. The number of thioether (sulfide) groups is 1. The van der Waals surface area contributed by atoms with Crippen molar-refractivity contribution in [3.05, 3.63) is 29.8 Å². The monoisotopic (exact) mass is 281 g/mol. The van der Waals surface area contributed by atoms with Crippen LogP contribution < -0.4 is 5.32 Å². The van der Waals surface area contributed by atoms with E-state index in [2.05, 4.69) is 5.32 Å². The predicted octanol–water partition coefficient (Wildman–Crippen LogP) is 2.13. The SMILES string of the molecule is COCCNC(=O)C(C)Sc1ccc(C(C)=O)cc1. The first-order chi connectivity index (χ1) is 9.04. The van der Waals surface area contributed by atoms with Crippen LogP contribution in [0.5, 0.6) is 0 Å². The average molecular weight is 281 g/mol. The van der Waals surface area contributed by atoms with Crippen LogP contribution in [0.4, 0.5) is 0 Å². The topological polar surface area (TPSA) is 55.4 Å². The van der Waals surface area contributed by atoms with Crippen molar-refractivity contribution >= 4 is 23.5 Å². The maximum absolute atomic E-state index is 11.8. The summed E-state index contributed by atoms with van der Waals surface area (Å²) in [5.74, 6) is 0.0274. The van der Waals surface area contributed by atoms with E-state index >= 15 is 0 Å². The zero-order valence-corrected chi connectivity index (χ0v) is 12.3. The molecule has 1 aromatic carbocycles. The minimum absolute atomic E-state index is 0.0160. The summed E-state index contributed by atoms with van der Waals surface area (Å²) in [4.78, 5) is 23.9. The van der Waals surface area contributed by atoms with Crippen molar-refractivity contribution in [1.82, 2.24) is 5.32 Å². The van der Waals surface area contributed by atoms with Crippen LogP contribution in [0.3, 0.4) is 0 Å². The Kier molecular flexibility index (Phi) is 6.59. The van der Waals surface area contributed by atoms with Gasteiger partial charge in [0.25, 0.3) is 0 Å². The van der Waals surface area contributed by atoms with Crippen molar-refractivity contribution in [2.75, 3.05) is 20.3 Å². The minimum Gasteiger partial charge on any atom is -0.383 e. The van der Waals surface area contributed by atoms with E-state index in [-0.39, 0.29) is 16.9 Å². The molecule has 4 nitrogen and oxygen atoms in total. The second-order valence-electron chi connectivity index (χ2n) is 4.12. The highest BCUT2D eigenvalue weighted by Crippen LogP contribution is 2.23. The fourth-order valence-corrected chi connectivity index (χ4v) is 2.34. The third kappa shape index (κ3) is 5.44. The molecule has 0 aromatic heterocycles. The fourth-order valence-electron chi connectivity index (χ4n) is 1.45. The van der Waals surface area contributed by atoms with E-state index in [4.69, 9.17) is 4.74 Å². The molecule has 1 rings (SSSR count). The molecule has 0 saturated heterocycles. The van der Waals surface area contributed by atoms with Gasteiger partial charge in [0.2, 0.25) is 5.91 Å². The molecule has 1 aromatic rings. The summed E-state index contributed by atoms with van der Waals surface area (Å²) >= 11 is 1.47. The van der Waals surface area contributed by atoms with Crippen molar-refractivity contribution in [3.63, 3.8) is 0 Å². The molecule has 104 valence electrons. The number of hydrogen-bond donors (Lipinski definition) is 1. The molecule has 0 heterocycles. The standard InChI is InChI=1S/C14H19NO3S/c1-10(16)12-4-6-13(7-5-12)19-11(2)14(17)15-8-9-18-3/h4-7,11H,8-9H2,1-3H3,(H,15,17). The van der Waals surface area contributed by atoms with E-state index in [0.717, 1.165) is 4.90 Å². The lowest BCUT2D eigenvalue weighted by Crippen LogP contribution is -2.33. The Labute approximate surface area is 117 Å². The molecule has 0 radical (unpaired) electrons. The minimum atomic E-state index is -0.181. The highest BCUT2D eigenvalue weighted by atomic mass is 32.2. The Morgan fingerprint density at radius 2 is 1.95 bits per heavy atom. The van der Waals surface area contributed by atoms with Crippen LogP contribution in [-0.2, 0) is 9.53 Å². The van der Waals surface area contributed by atoms with E-state index in [9.17, 15) is 9.59 Å². The van der Waals surface area contributed by atoms with Crippen molar-refractivity contribution in [2.24, 2.45) is 0 Å². The third-order valence-corrected chi connectivity index (χ3v) is 3.66. The van der Waals surface area contributed by atoms with Gasteiger partial charge in [-0.1, -0.05) is 12.1 Å². The number of Topliss-reactive ketones (excluding diaryl/α,β-unsaturated/α-hetero) is 1. The number of ether oxygens (including phenoxy) is 1. The summed E-state index contributed by atoms with van der Waals surface area (Å²) in [5, 5.41) is 2.61. The second-order valence-corrected chi connectivity index (χ2v) is 5.54. The van der Waals surface area contributed by atoms with E-state index in [1.807, 2.05) is 19.1 Å². The molecule has 0 aliphatic rings. The van der Waals surface area contributed by atoms with Gasteiger partial charge >= 0.3 is 0 Å². The van der Waals surface area contributed by atoms with Crippen molar-refractivity contribution in [2.45, 2.75) is 24.0 Å². The van der Waals surface area contributed by atoms with Gasteiger partial charge in [-0.2, -0.15) is 0 Å². The van der Waals surface area contributed by atoms with Crippen LogP contribution in [0, 0.1) is 0 Å². The highest BCUT2D eigenvalue weighted by molar-refractivity contribution is 8.00. The number of amides is 1. The molecule has 0 saturated carbocycles. The van der Waals surface area contributed by atoms with Crippen LogP contribution in [0.15, 0.2) is 29.2 Å². The number of hydrogen-bond acceptors (Lipinski definition) is 4. The van der Waals surface area contributed by atoms with Gasteiger partial charge in [0, 0.05) is 24.1 Å². The lowest BCUT2D eigenvalue weighted by atomic mass is 10.2. The van der Waals surface area contributed by atoms with Gasteiger partial charge in [-0.3, -0.25) is 9.59 Å². The van der Waals surface area contributed by atoms with Crippen LogP contribution >= 0.6 is 11.8 Å². The molecule has 0 aliphatic carbocycles. The van der Waals surface area contributed by atoms with E-state index in [1.165, 1.54) is 18.7 Å². The molecule has 1 N–H and O–H groups in total. The Balaban J connectivity index is 2.49. The van der Waals surface area contributed by atoms with Gasteiger partial charge in [-0.25, -0.2) is 0 Å². The maximum Gasteiger partial charge on any atom is 0.233 e. The molecule has 1 unspecified atom stereocenters. The molecule has 0 bridgehead atoms. The van der Waals surface area contributed by atoms with Crippen LogP contribution in [0.25, 0.3) is 0 Å². The summed E-state index contributed by atoms with van der Waals surface area (Å²) in [5.41, 5.74) is 0.682. The van der Waals surface area contributed by atoms with Gasteiger partial charge < -0.3 is 10.1 Å². The van der Waals surface area contributed by atoms with Crippen LogP contribution in [0.1, 0.15) is 24.2 Å². The molecular weight excluding hydrogens is 262 g/mol. The smallest absolute Gasteiger partial charge is 0.233 e. The fraction of sp³-hybridized carbons (Fsp3) is 0.429.